The van der Waals surface area contributed by atoms with E-state index in [0.717, 1.165) is 57.6 Å². The van der Waals surface area contributed by atoms with Gasteiger partial charge in [0.1, 0.15) is 11.5 Å². The van der Waals surface area contributed by atoms with Crippen LogP contribution in [0.2, 0.25) is 0 Å². The van der Waals surface area contributed by atoms with Crippen molar-refractivity contribution in [2.75, 3.05) is 40.9 Å². The van der Waals surface area contributed by atoms with Gasteiger partial charge in [0.2, 0.25) is 0 Å². The third-order valence-corrected chi connectivity index (χ3v) is 5.97. The molecule has 0 N–H and O–H groups in total. The average Bonchev–Trinajstić information content (AvgIpc) is 2.79. The number of nitrogens with zero attached hydrogens (tertiary/aromatic N) is 2. The Hall–Kier alpha value is -2.05. The van der Waals surface area contributed by atoms with Gasteiger partial charge in [-0.05, 0) is 76.4 Å². The Morgan fingerprint density at radius 2 is 1.68 bits per heavy atom. The molecule has 0 unspecified atom stereocenters. The van der Waals surface area contributed by atoms with Crippen LogP contribution < -0.4 is 9.47 Å². The standard InChI is InChI=1S/C25H40N2O4/c1-5-18-26(2)19-8-6-7-9-20-30-23-12-10-21(11-13-23)27(3)25(28)31-24-16-14-22(29-4)15-17-24/h5,14-17,21,23H,1,6-13,18-20H2,2-4H3. The van der Waals surface area contributed by atoms with Gasteiger partial charge in [-0.25, -0.2) is 4.79 Å². The molecule has 2 rings (SSSR count). The van der Waals surface area contributed by atoms with Crippen LogP contribution in [-0.4, -0.2) is 68.9 Å². The summed E-state index contributed by atoms with van der Waals surface area (Å²) in [5.41, 5.74) is 0. The molecule has 6 nitrogen and oxygen atoms in total. The predicted molar refractivity (Wildman–Crippen MR) is 125 cm³/mol. The summed E-state index contributed by atoms with van der Waals surface area (Å²) in [6.07, 6.45) is 10.7. The Labute approximate surface area is 188 Å². The van der Waals surface area contributed by atoms with E-state index in [0.29, 0.717) is 11.9 Å². The second-order valence-corrected chi connectivity index (χ2v) is 8.42. The number of carbonyl (C=O) groups is 1. The van der Waals surface area contributed by atoms with Crippen LogP contribution in [-0.2, 0) is 4.74 Å². The zero-order valence-electron chi connectivity index (χ0n) is 19.6. The average molecular weight is 433 g/mol. The molecule has 1 saturated carbocycles. The fourth-order valence-electron chi connectivity index (χ4n) is 3.96. The Morgan fingerprint density at radius 1 is 1.03 bits per heavy atom. The Kier molecular flexibility index (Phi) is 11.5. The molecule has 1 amide bonds. The molecule has 31 heavy (non-hydrogen) atoms. The van der Waals surface area contributed by atoms with Gasteiger partial charge in [-0.15, -0.1) is 6.58 Å². The topological polar surface area (TPSA) is 51.2 Å². The Balaban J connectivity index is 1.56. The van der Waals surface area contributed by atoms with Crippen molar-refractivity contribution < 1.29 is 19.0 Å². The van der Waals surface area contributed by atoms with E-state index in [1.807, 2.05) is 13.1 Å². The fourth-order valence-corrected chi connectivity index (χ4v) is 3.96. The summed E-state index contributed by atoms with van der Waals surface area (Å²) < 4.78 is 16.7. The second-order valence-electron chi connectivity index (χ2n) is 8.42. The molecular weight excluding hydrogens is 392 g/mol. The van der Waals surface area contributed by atoms with Crippen molar-refractivity contribution in [3.05, 3.63) is 36.9 Å². The van der Waals surface area contributed by atoms with Gasteiger partial charge in [0.25, 0.3) is 0 Å². The molecule has 1 fully saturated rings. The number of unbranched alkanes of at least 4 members (excludes halogenated alkanes) is 3. The van der Waals surface area contributed by atoms with Crippen molar-refractivity contribution in [1.82, 2.24) is 9.80 Å². The van der Waals surface area contributed by atoms with Crippen LogP contribution in [0.15, 0.2) is 36.9 Å². The van der Waals surface area contributed by atoms with E-state index in [1.165, 1.54) is 19.3 Å². The van der Waals surface area contributed by atoms with Crippen molar-refractivity contribution >= 4 is 6.09 Å². The predicted octanol–water partition coefficient (Wildman–Crippen LogP) is 5.13. The van der Waals surface area contributed by atoms with Gasteiger partial charge in [-0.2, -0.15) is 0 Å². The SMILES string of the molecule is C=CCN(C)CCCCCCOC1CCC(N(C)C(=O)Oc2ccc(OC)cc2)CC1. The number of likely N-dealkylation sites (N-methyl/N-ethyl adjacent to an activating group) is 1. The van der Waals surface area contributed by atoms with Crippen LogP contribution in [0.3, 0.4) is 0 Å². The van der Waals surface area contributed by atoms with E-state index in [1.54, 1.807) is 36.3 Å². The summed E-state index contributed by atoms with van der Waals surface area (Å²) in [5, 5.41) is 0. The molecule has 0 radical (unpaired) electrons. The van der Waals surface area contributed by atoms with Crippen LogP contribution in [0.4, 0.5) is 4.79 Å². The van der Waals surface area contributed by atoms with E-state index in [-0.39, 0.29) is 12.1 Å². The number of carbonyl (C=O) groups excluding carboxylic acids is 1. The zero-order chi connectivity index (χ0) is 22.5. The maximum atomic E-state index is 12.5. The van der Waals surface area contributed by atoms with E-state index in [9.17, 15) is 4.79 Å². The molecule has 0 aromatic heterocycles. The summed E-state index contributed by atoms with van der Waals surface area (Å²) in [6, 6.07) is 7.26. The molecule has 0 spiro atoms. The molecule has 1 aromatic carbocycles. The van der Waals surface area contributed by atoms with Crippen molar-refractivity contribution in [2.45, 2.75) is 63.5 Å². The third kappa shape index (κ3) is 9.32. The smallest absolute Gasteiger partial charge is 0.415 e. The molecule has 0 heterocycles. The highest BCUT2D eigenvalue weighted by molar-refractivity contribution is 5.70. The highest BCUT2D eigenvalue weighted by Gasteiger charge is 2.27. The maximum absolute atomic E-state index is 12.5. The molecule has 174 valence electrons. The Morgan fingerprint density at radius 3 is 2.32 bits per heavy atom. The second kappa shape index (κ2) is 14.1. The van der Waals surface area contributed by atoms with Gasteiger partial charge < -0.3 is 24.0 Å². The maximum Gasteiger partial charge on any atom is 0.415 e. The van der Waals surface area contributed by atoms with E-state index in [4.69, 9.17) is 14.2 Å². The normalized spacial score (nSPS) is 18.6. The van der Waals surface area contributed by atoms with Crippen LogP contribution >= 0.6 is 0 Å². The number of hydrogen-bond donors (Lipinski definition) is 0. The molecule has 1 aliphatic rings. The molecule has 0 saturated heterocycles. The monoisotopic (exact) mass is 432 g/mol. The number of ether oxygens (including phenoxy) is 3. The van der Waals surface area contributed by atoms with E-state index < -0.39 is 0 Å². The first kappa shape index (κ1) is 25.2. The van der Waals surface area contributed by atoms with Crippen molar-refractivity contribution in [3.63, 3.8) is 0 Å². The van der Waals surface area contributed by atoms with Crippen LogP contribution in [0, 0.1) is 0 Å². The summed E-state index contributed by atoms with van der Waals surface area (Å²) in [6.45, 7) is 6.70. The molecule has 0 atom stereocenters. The highest BCUT2D eigenvalue weighted by Crippen LogP contribution is 2.26. The fraction of sp³-hybridized carbons (Fsp3) is 0.640. The minimum absolute atomic E-state index is 0.207. The summed E-state index contributed by atoms with van der Waals surface area (Å²) in [5.74, 6) is 1.27. The molecule has 1 aromatic rings. The van der Waals surface area contributed by atoms with Crippen LogP contribution in [0.1, 0.15) is 51.4 Å². The van der Waals surface area contributed by atoms with E-state index in [2.05, 4.69) is 18.5 Å². The van der Waals surface area contributed by atoms with Gasteiger partial charge in [0.05, 0.1) is 13.2 Å². The third-order valence-electron chi connectivity index (χ3n) is 5.97. The quantitative estimate of drug-likeness (QED) is 0.319. The van der Waals surface area contributed by atoms with Gasteiger partial charge >= 0.3 is 6.09 Å². The van der Waals surface area contributed by atoms with Gasteiger partial charge in [-0.1, -0.05) is 18.9 Å². The lowest BCUT2D eigenvalue weighted by molar-refractivity contribution is 0.0104. The molecule has 1 aliphatic carbocycles. The molecule has 0 bridgehead atoms. The largest absolute Gasteiger partial charge is 0.497 e. The lowest BCUT2D eigenvalue weighted by atomic mass is 9.92. The number of hydrogen-bond acceptors (Lipinski definition) is 5. The van der Waals surface area contributed by atoms with Crippen molar-refractivity contribution in [1.29, 1.82) is 0 Å². The van der Waals surface area contributed by atoms with E-state index >= 15 is 0 Å². The van der Waals surface area contributed by atoms with Crippen molar-refractivity contribution in [3.8, 4) is 11.5 Å². The summed E-state index contributed by atoms with van der Waals surface area (Å²) in [7, 11) is 5.57. The highest BCUT2D eigenvalue weighted by atomic mass is 16.6. The van der Waals surface area contributed by atoms with Crippen LogP contribution in [0.25, 0.3) is 0 Å². The number of rotatable bonds is 13. The molecule has 6 heteroatoms. The molecular formula is C25H40N2O4. The lowest BCUT2D eigenvalue weighted by Crippen LogP contribution is -2.42. The Bertz CT molecular complexity index is 641. The summed E-state index contributed by atoms with van der Waals surface area (Å²) in [4.78, 5) is 16.5. The van der Waals surface area contributed by atoms with Gasteiger partial charge in [0.15, 0.2) is 0 Å². The zero-order valence-corrected chi connectivity index (χ0v) is 19.6. The lowest BCUT2D eigenvalue weighted by Gasteiger charge is -2.34. The van der Waals surface area contributed by atoms with Crippen molar-refractivity contribution in [2.24, 2.45) is 0 Å². The minimum atomic E-state index is -0.312. The minimum Gasteiger partial charge on any atom is -0.497 e. The van der Waals surface area contributed by atoms with Gasteiger partial charge in [0, 0.05) is 26.2 Å². The first-order chi connectivity index (χ1) is 15.0. The number of methoxy groups -OCH3 is 1. The number of benzene rings is 1. The molecule has 0 aliphatic heterocycles. The van der Waals surface area contributed by atoms with Gasteiger partial charge in [-0.3, -0.25) is 0 Å². The van der Waals surface area contributed by atoms with Crippen LogP contribution in [0.5, 0.6) is 11.5 Å². The first-order valence-electron chi connectivity index (χ1n) is 11.5. The number of amides is 1. The summed E-state index contributed by atoms with van der Waals surface area (Å²) >= 11 is 0. The first-order valence-corrected chi connectivity index (χ1v) is 11.5.